The van der Waals surface area contributed by atoms with E-state index in [2.05, 4.69) is 15.3 Å². The van der Waals surface area contributed by atoms with Crippen LogP contribution in [0.3, 0.4) is 0 Å². The predicted octanol–water partition coefficient (Wildman–Crippen LogP) is 2.07. The molecule has 0 aromatic carbocycles. The summed E-state index contributed by atoms with van der Waals surface area (Å²) in [6, 6.07) is 0. The third kappa shape index (κ3) is 5.22. The Bertz CT molecular complexity index is 417. The Morgan fingerprint density at radius 1 is 1.67 bits per heavy atom. The average molecular weight is 270 g/mol. The normalized spacial score (nSPS) is 11.6. The molecule has 1 heterocycles. The molecule has 0 aliphatic heterocycles. The van der Waals surface area contributed by atoms with Crippen molar-refractivity contribution in [2.45, 2.75) is 26.2 Å². The molecule has 7 heteroatoms. The summed E-state index contributed by atoms with van der Waals surface area (Å²) in [7, 11) is 0. The lowest BCUT2D eigenvalue weighted by Gasteiger charge is -2.05. The minimum atomic E-state index is -0.439. The molecule has 0 spiro atoms. The first-order valence-electron chi connectivity index (χ1n) is 5.75. The van der Waals surface area contributed by atoms with E-state index in [4.69, 9.17) is 0 Å². The molecule has 0 saturated heterocycles. The molecule has 0 amide bonds. The highest BCUT2D eigenvalue weighted by Gasteiger charge is 2.02. The number of thioether (sulfide) groups is 1. The van der Waals surface area contributed by atoms with Crippen molar-refractivity contribution in [2.24, 2.45) is 0 Å². The molecular weight excluding hydrogens is 252 g/mol. The Morgan fingerprint density at radius 2 is 2.44 bits per heavy atom. The van der Waals surface area contributed by atoms with Gasteiger partial charge in [0, 0.05) is 12.2 Å². The quantitative estimate of drug-likeness (QED) is 0.429. The zero-order valence-corrected chi connectivity index (χ0v) is 11.4. The molecule has 0 atom stereocenters. The molecule has 18 heavy (non-hydrogen) atoms. The fourth-order valence-corrected chi connectivity index (χ4v) is 1.97. The molecule has 1 rings (SSSR count). The van der Waals surface area contributed by atoms with Crippen LogP contribution in [0.15, 0.2) is 17.6 Å². The number of hydrogen-bond acceptors (Lipinski definition) is 5. The van der Waals surface area contributed by atoms with Crippen molar-refractivity contribution in [2.75, 3.05) is 12.8 Å². The summed E-state index contributed by atoms with van der Waals surface area (Å²) in [5, 5.41) is 14.0. The van der Waals surface area contributed by atoms with Crippen molar-refractivity contribution in [3.8, 4) is 0 Å². The highest BCUT2D eigenvalue weighted by atomic mass is 32.2. The fourth-order valence-electron chi connectivity index (χ4n) is 1.53. The summed E-state index contributed by atoms with van der Waals surface area (Å²) in [6.45, 7) is 2.75. The van der Waals surface area contributed by atoms with Gasteiger partial charge in [0.05, 0.1) is 16.9 Å². The zero-order valence-electron chi connectivity index (χ0n) is 10.6. The Kier molecular flexibility index (Phi) is 6.27. The third-order valence-electron chi connectivity index (χ3n) is 2.52. The largest absolute Gasteiger partial charge is 0.375 e. The lowest BCUT2D eigenvalue weighted by Crippen LogP contribution is -2.14. The third-order valence-corrected chi connectivity index (χ3v) is 3.21. The van der Waals surface area contributed by atoms with Gasteiger partial charge in [-0.15, -0.1) is 11.8 Å². The van der Waals surface area contributed by atoms with Gasteiger partial charge >= 0.3 is 0 Å². The molecule has 6 nitrogen and oxygen atoms in total. The first kappa shape index (κ1) is 14.6. The smallest absolute Gasteiger partial charge is 0.263 e. The second-order valence-corrected chi connectivity index (χ2v) is 4.69. The van der Waals surface area contributed by atoms with E-state index in [0.29, 0.717) is 5.03 Å². The maximum absolute atomic E-state index is 10.3. The van der Waals surface area contributed by atoms with E-state index in [9.17, 15) is 10.1 Å². The van der Waals surface area contributed by atoms with Gasteiger partial charge in [-0.3, -0.25) is 10.1 Å². The molecular formula is C11H18N4O2S. The van der Waals surface area contributed by atoms with Gasteiger partial charge in [0.25, 0.3) is 6.20 Å². The molecule has 0 radical (unpaired) electrons. The highest BCUT2D eigenvalue weighted by molar-refractivity contribution is 8.02. The number of aromatic nitrogens is 2. The zero-order chi connectivity index (χ0) is 13.4. The second-order valence-electron chi connectivity index (χ2n) is 3.84. The van der Waals surface area contributed by atoms with E-state index < -0.39 is 4.92 Å². The van der Waals surface area contributed by atoms with Crippen molar-refractivity contribution >= 4 is 11.8 Å². The Hall–Kier alpha value is -1.50. The van der Waals surface area contributed by atoms with E-state index in [1.54, 1.807) is 6.33 Å². The number of imidazole rings is 1. The molecule has 0 unspecified atom stereocenters. The summed E-state index contributed by atoms with van der Waals surface area (Å²) in [4.78, 5) is 17.1. The van der Waals surface area contributed by atoms with Gasteiger partial charge in [0.2, 0.25) is 0 Å². The summed E-state index contributed by atoms with van der Waals surface area (Å²) >= 11 is 1.35. The van der Waals surface area contributed by atoms with E-state index in [-0.39, 0.29) is 0 Å². The maximum Gasteiger partial charge on any atom is 0.263 e. The van der Waals surface area contributed by atoms with E-state index in [1.807, 2.05) is 13.2 Å². The average Bonchev–Trinajstić information content (AvgIpc) is 2.72. The molecule has 0 bridgehead atoms. The van der Waals surface area contributed by atoms with Gasteiger partial charge in [0.15, 0.2) is 0 Å². The fraction of sp³-hybridized carbons (Fsp3) is 0.545. The highest BCUT2D eigenvalue weighted by Crippen LogP contribution is 2.08. The number of H-pyrrole nitrogens is 1. The number of nitrogens with zero attached hydrogens (tertiary/aromatic N) is 2. The molecule has 2 N–H and O–H groups in total. The number of aryl methyl sites for hydroxylation is 2. The van der Waals surface area contributed by atoms with Gasteiger partial charge in [-0.05, 0) is 32.4 Å². The lowest BCUT2D eigenvalue weighted by atomic mass is 10.1. The van der Waals surface area contributed by atoms with Crippen molar-refractivity contribution in [1.29, 1.82) is 0 Å². The van der Waals surface area contributed by atoms with Crippen molar-refractivity contribution in [3.63, 3.8) is 0 Å². The van der Waals surface area contributed by atoms with Crippen LogP contribution in [-0.2, 0) is 6.42 Å². The first-order chi connectivity index (χ1) is 8.63. The standard InChI is InChI=1S/C11H18N4O2S/c1-9-10(14-8-13-9)5-3-4-6-12-11(18-2)7-15(16)17/h7-8,12H,3-6H2,1-2H3,(H,13,14)/b11-7-. The van der Waals surface area contributed by atoms with Crippen LogP contribution in [-0.4, -0.2) is 27.7 Å². The van der Waals surface area contributed by atoms with Crippen LogP contribution in [0.4, 0.5) is 0 Å². The molecule has 0 fully saturated rings. The van der Waals surface area contributed by atoms with Gasteiger partial charge in [-0.2, -0.15) is 0 Å². The van der Waals surface area contributed by atoms with Crippen LogP contribution in [0.1, 0.15) is 24.2 Å². The van der Waals surface area contributed by atoms with Crippen LogP contribution in [0.25, 0.3) is 0 Å². The van der Waals surface area contributed by atoms with E-state index >= 15 is 0 Å². The molecule has 1 aromatic heterocycles. The van der Waals surface area contributed by atoms with E-state index in [1.165, 1.54) is 11.8 Å². The Morgan fingerprint density at radius 3 is 3.00 bits per heavy atom. The van der Waals surface area contributed by atoms with Crippen LogP contribution in [0, 0.1) is 17.0 Å². The van der Waals surface area contributed by atoms with Crippen LogP contribution in [0.5, 0.6) is 0 Å². The SMILES string of the molecule is CS/C(=C\[N+](=O)[O-])NCCCCc1nc[nH]c1C. The summed E-state index contributed by atoms with van der Waals surface area (Å²) in [5.41, 5.74) is 2.21. The molecule has 0 saturated carbocycles. The van der Waals surface area contributed by atoms with Gasteiger partial charge < -0.3 is 10.3 Å². The molecule has 100 valence electrons. The Balaban J connectivity index is 2.19. The summed E-state index contributed by atoms with van der Waals surface area (Å²) < 4.78 is 0. The van der Waals surface area contributed by atoms with E-state index in [0.717, 1.165) is 43.4 Å². The minimum Gasteiger partial charge on any atom is -0.375 e. The molecule has 0 aliphatic carbocycles. The molecule has 0 aliphatic rings. The number of nitro groups is 1. The second kappa shape index (κ2) is 7.75. The number of aromatic amines is 1. The minimum absolute atomic E-state index is 0.439. The van der Waals surface area contributed by atoms with Gasteiger partial charge in [-0.25, -0.2) is 4.98 Å². The monoisotopic (exact) mass is 270 g/mol. The number of unbranched alkanes of at least 4 members (excludes halogenated alkanes) is 1. The maximum atomic E-state index is 10.3. The van der Waals surface area contributed by atoms with Crippen molar-refractivity contribution in [3.05, 3.63) is 39.1 Å². The Labute approximate surface area is 110 Å². The summed E-state index contributed by atoms with van der Waals surface area (Å²) in [5.74, 6) is 0. The lowest BCUT2D eigenvalue weighted by molar-refractivity contribution is -0.403. The van der Waals surface area contributed by atoms with Crippen molar-refractivity contribution in [1.82, 2.24) is 15.3 Å². The van der Waals surface area contributed by atoms with Gasteiger partial charge in [0.1, 0.15) is 5.03 Å². The predicted molar refractivity (Wildman–Crippen MR) is 72.9 cm³/mol. The number of hydrogen-bond donors (Lipinski definition) is 2. The van der Waals surface area contributed by atoms with Crippen LogP contribution < -0.4 is 5.32 Å². The number of rotatable bonds is 8. The van der Waals surface area contributed by atoms with Crippen LogP contribution >= 0.6 is 11.8 Å². The number of nitrogens with one attached hydrogen (secondary N) is 2. The van der Waals surface area contributed by atoms with Crippen LogP contribution in [0.2, 0.25) is 0 Å². The van der Waals surface area contributed by atoms with Gasteiger partial charge in [-0.1, -0.05) is 0 Å². The molecule has 1 aromatic rings. The topological polar surface area (TPSA) is 83.8 Å². The first-order valence-corrected chi connectivity index (χ1v) is 6.98. The van der Waals surface area contributed by atoms with Crippen molar-refractivity contribution < 1.29 is 4.92 Å². The summed E-state index contributed by atoms with van der Waals surface area (Å²) in [6.07, 6.45) is 7.43.